The largest absolute Gasteiger partial charge is 0.297 e. The fourth-order valence-corrected chi connectivity index (χ4v) is 1.30. The van der Waals surface area contributed by atoms with E-state index in [0.29, 0.717) is 6.04 Å². The second-order valence-corrected chi connectivity index (χ2v) is 3.35. The lowest BCUT2D eigenvalue weighted by atomic mass is 10.1. The third-order valence-electron chi connectivity index (χ3n) is 2.43. The summed E-state index contributed by atoms with van der Waals surface area (Å²) < 4.78 is 0. The van der Waals surface area contributed by atoms with E-state index in [1.165, 1.54) is 0 Å². The van der Waals surface area contributed by atoms with Crippen LogP contribution in [0.3, 0.4) is 0 Å². The first-order valence-corrected chi connectivity index (χ1v) is 4.45. The third-order valence-corrected chi connectivity index (χ3v) is 2.43. The lowest BCUT2D eigenvalue weighted by Gasteiger charge is -2.17. The number of nitriles is 1. The highest BCUT2D eigenvalue weighted by Crippen LogP contribution is 2.35. The highest BCUT2D eigenvalue weighted by atomic mass is 15.0. The second-order valence-electron chi connectivity index (χ2n) is 3.35. The van der Waals surface area contributed by atoms with Gasteiger partial charge >= 0.3 is 0 Å². The maximum atomic E-state index is 8.78. The summed E-state index contributed by atoms with van der Waals surface area (Å²) in [6.45, 7) is 4.32. The Morgan fingerprint density at radius 1 is 1.45 bits per heavy atom. The van der Waals surface area contributed by atoms with Crippen LogP contribution in [-0.2, 0) is 0 Å². The molecule has 62 valence electrons. The molecule has 0 spiro atoms. The molecular weight excluding hydrogens is 136 g/mol. The van der Waals surface area contributed by atoms with E-state index in [2.05, 4.69) is 25.2 Å². The quantitative estimate of drug-likeness (QED) is 0.667. The number of hydrogen-bond acceptors (Lipinski definition) is 2. The van der Waals surface area contributed by atoms with Gasteiger partial charge in [0, 0.05) is 6.04 Å². The maximum absolute atomic E-state index is 8.78. The van der Waals surface area contributed by atoms with Crippen LogP contribution in [-0.4, -0.2) is 11.6 Å². The normalized spacial score (nSPS) is 19.8. The van der Waals surface area contributed by atoms with Crippen molar-refractivity contribution in [2.45, 2.75) is 51.1 Å². The molecule has 0 atom stereocenters. The third kappa shape index (κ3) is 1.94. The molecule has 0 bridgehead atoms. The zero-order valence-corrected chi connectivity index (χ0v) is 7.35. The van der Waals surface area contributed by atoms with Gasteiger partial charge in [-0.1, -0.05) is 13.8 Å². The van der Waals surface area contributed by atoms with Gasteiger partial charge in [0.1, 0.15) is 5.54 Å². The molecule has 2 nitrogen and oxygen atoms in total. The van der Waals surface area contributed by atoms with Crippen LogP contribution in [0.5, 0.6) is 0 Å². The van der Waals surface area contributed by atoms with Crippen LogP contribution in [0.4, 0.5) is 0 Å². The van der Waals surface area contributed by atoms with Crippen molar-refractivity contribution in [1.82, 2.24) is 5.32 Å². The van der Waals surface area contributed by atoms with Gasteiger partial charge in [-0.25, -0.2) is 0 Å². The average Bonchev–Trinajstić information content (AvgIpc) is 2.81. The Hall–Kier alpha value is -0.550. The predicted molar refractivity (Wildman–Crippen MR) is 45.1 cm³/mol. The van der Waals surface area contributed by atoms with E-state index in [1.807, 2.05) is 0 Å². The Morgan fingerprint density at radius 2 is 2.00 bits per heavy atom. The molecule has 0 unspecified atom stereocenters. The van der Waals surface area contributed by atoms with Crippen molar-refractivity contribution in [3.8, 4) is 6.07 Å². The summed E-state index contributed by atoms with van der Waals surface area (Å²) in [7, 11) is 0. The molecule has 0 radical (unpaired) electrons. The molecule has 1 aliphatic carbocycles. The summed E-state index contributed by atoms with van der Waals surface area (Å²) in [5, 5.41) is 12.2. The van der Waals surface area contributed by atoms with Crippen LogP contribution < -0.4 is 5.32 Å². The van der Waals surface area contributed by atoms with Gasteiger partial charge in [-0.15, -0.1) is 0 Å². The zero-order chi connectivity index (χ0) is 8.32. The van der Waals surface area contributed by atoms with Gasteiger partial charge in [0.15, 0.2) is 0 Å². The summed E-state index contributed by atoms with van der Waals surface area (Å²) in [5.41, 5.74) is -0.128. The van der Waals surface area contributed by atoms with Crippen molar-refractivity contribution in [3.05, 3.63) is 0 Å². The Kier molecular flexibility index (Phi) is 2.51. The van der Waals surface area contributed by atoms with Crippen molar-refractivity contribution in [1.29, 1.82) is 5.26 Å². The van der Waals surface area contributed by atoms with E-state index < -0.39 is 0 Å². The van der Waals surface area contributed by atoms with Gasteiger partial charge in [0.25, 0.3) is 0 Å². The van der Waals surface area contributed by atoms with Gasteiger partial charge in [-0.05, 0) is 25.7 Å². The van der Waals surface area contributed by atoms with Crippen molar-refractivity contribution in [3.63, 3.8) is 0 Å². The van der Waals surface area contributed by atoms with Crippen LogP contribution in [0.2, 0.25) is 0 Å². The lowest BCUT2D eigenvalue weighted by Crippen LogP contribution is -2.38. The summed E-state index contributed by atoms with van der Waals surface area (Å²) in [6.07, 6.45) is 4.33. The fraction of sp³-hybridized carbons (Fsp3) is 0.889. The van der Waals surface area contributed by atoms with Crippen LogP contribution >= 0.6 is 0 Å². The molecule has 0 amide bonds. The van der Waals surface area contributed by atoms with E-state index in [-0.39, 0.29) is 5.54 Å². The molecule has 1 N–H and O–H groups in total. The van der Waals surface area contributed by atoms with Crippen molar-refractivity contribution >= 4 is 0 Å². The second kappa shape index (κ2) is 3.23. The number of rotatable bonds is 4. The van der Waals surface area contributed by atoms with Gasteiger partial charge in [0.05, 0.1) is 6.07 Å². The van der Waals surface area contributed by atoms with E-state index in [0.717, 1.165) is 25.7 Å². The highest BCUT2D eigenvalue weighted by molar-refractivity contribution is 5.18. The van der Waals surface area contributed by atoms with Crippen LogP contribution in [0.25, 0.3) is 0 Å². The molecule has 2 heteroatoms. The van der Waals surface area contributed by atoms with E-state index in [4.69, 9.17) is 5.26 Å². The van der Waals surface area contributed by atoms with Gasteiger partial charge in [0.2, 0.25) is 0 Å². The molecule has 1 saturated carbocycles. The molecule has 1 aliphatic rings. The molecule has 0 aliphatic heterocycles. The first-order valence-electron chi connectivity index (χ1n) is 4.45. The average molecular weight is 152 g/mol. The molecule has 11 heavy (non-hydrogen) atoms. The predicted octanol–water partition coefficient (Wildman–Crippen LogP) is 1.82. The molecule has 0 aromatic heterocycles. The van der Waals surface area contributed by atoms with Gasteiger partial charge in [-0.3, -0.25) is 5.32 Å². The van der Waals surface area contributed by atoms with Crippen molar-refractivity contribution < 1.29 is 0 Å². The molecule has 1 fully saturated rings. The number of hydrogen-bond donors (Lipinski definition) is 1. The minimum absolute atomic E-state index is 0.128. The SMILES string of the molecule is CCC(CC)NC1(C#N)CC1. The van der Waals surface area contributed by atoms with Crippen molar-refractivity contribution in [2.24, 2.45) is 0 Å². The van der Waals surface area contributed by atoms with E-state index in [9.17, 15) is 0 Å². The first-order chi connectivity index (χ1) is 5.26. The number of nitrogens with zero attached hydrogens (tertiary/aromatic N) is 1. The number of nitrogens with one attached hydrogen (secondary N) is 1. The summed E-state index contributed by atoms with van der Waals surface area (Å²) in [6, 6.07) is 2.88. The summed E-state index contributed by atoms with van der Waals surface area (Å²) >= 11 is 0. The Balaban J connectivity index is 2.35. The van der Waals surface area contributed by atoms with E-state index >= 15 is 0 Å². The zero-order valence-electron chi connectivity index (χ0n) is 7.35. The molecule has 0 heterocycles. The molecule has 1 rings (SSSR count). The smallest absolute Gasteiger partial charge is 0.107 e. The van der Waals surface area contributed by atoms with Crippen LogP contribution in [0.1, 0.15) is 39.5 Å². The fourth-order valence-electron chi connectivity index (χ4n) is 1.30. The Morgan fingerprint density at radius 3 is 2.27 bits per heavy atom. The van der Waals surface area contributed by atoms with Crippen LogP contribution in [0, 0.1) is 11.3 Å². The summed E-state index contributed by atoms with van der Waals surface area (Å²) in [4.78, 5) is 0. The first kappa shape index (κ1) is 8.55. The van der Waals surface area contributed by atoms with Crippen LogP contribution in [0.15, 0.2) is 0 Å². The monoisotopic (exact) mass is 152 g/mol. The Labute approximate surface area is 68.6 Å². The lowest BCUT2D eigenvalue weighted by molar-refractivity contribution is 0.441. The topological polar surface area (TPSA) is 35.8 Å². The molecular formula is C9H16N2. The van der Waals surface area contributed by atoms with E-state index in [1.54, 1.807) is 0 Å². The molecule has 0 aromatic rings. The maximum Gasteiger partial charge on any atom is 0.107 e. The Bertz CT molecular complexity index is 161. The van der Waals surface area contributed by atoms with Gasteiger partial charge < -0.3 is 0 Å². The van der Waals surface area contributed by atoms with Crippen molar-refractivity contribution in [2.75, 3.05) is 0 Å². The minimum Gasteiger partial charge on any atom is -0.297 e. The molecule has 0 saturated heterocycles. The summed E-state index contributed by atoms with van der Waals surface area (Å²) in [5.74, 6) is 0. The highest BCUT2D eigenvalue weighted by Gasteiger charge is 2.43. The minimum atomic E-state index is -0.128. The molecule has 0 aromatic carbocycles. The van der Waals surface area contributed by atoms with Gasteiger partial charge in [-0.2, -0.15) is 5.26 Å². The standard InChI is InChI=1S/C9H16N2/c1-3-8(4-2)11-9(7-10)5-6-9/h8,11H,3-6H2,1-2H3.